The Bertz CT molecular complexity index is 492. The van der Waals surface area contributed by atoms with Crippen molar-refractivity contribution >= 4 is 18.2 Å². The molecule has 0 heterocycles. The summed E-state index contributed by atoms with van der Waals surface area (Å²) in [5.74, 6) is -1.91. The minimum absolute atomic E-state index is 0.122. The fourth-order valence-electron chi connectivity index (χ4n) is 1.43. The molecular weight excluding hydrogens is 240 g/mol. The minimum atomic E-state index is -1.32. The van der Waals surface area contributed by atoms with Gasteiger partial charge < -0.3 is 14.6 Å². The molecule has 0 atom stereocenters. The van der Waals surface area contributed by atoms with Gasteiger partial charge in [-0.2, -0.15) is 0 Å². The van der Waals surface area contributed by atoms with Crippen LogP contribution in [-0.2, 0) is 4.74 Å². The third-order valence-electron chi connectivity index (χ3n) is 2.23. The Labute approximate surface area is 103 Å². The summed E-state index contributed by atoms with van der Waals surface area (Å²) in [6.07, 6.45) is 0.315. The average Bonchev–Trinajstić information content (AvgIpc) is 2.37. The molecule has 1 N–H and O–H groups in total. The Morgan fingerprint density at radius 2 is 1.94 bits per heavy atom. The van der Waals surface area contributed by atoms with Crippen LogP contribution in [0.3, 0.4) is 0 Å². The van der Waals surface area contributed by atoms with Crippen LogP contribution in [-0.4, -0.2) is 37.0 Å². The highest BCUT2D eigenvalue weighted by Crippen LogP contribution is 2.22. The van der Waals surface area contributed by atoms with Gasteiger partial charge >= 0.3 is 11.9 Å². The number of methoxy groups -OCH3 is 1. The lowest BCUT2D eigenvalue weighted by molar-refractivity contribution is 0.0523. The SMILES string of the molecule is CCOC(=O)c1cc(OC)cc(C(=O)O)c1C=O. The Morgan fingerprint density at radius 1 is 1.33 bits per heavy atom. The van der Waals surface area contributed by atoms with Crippen LogP contribution < -0.4 is 4.74 Å². The number of carbonyl (C=O) groups excluding carboxylic acids is 2. The molecule has 0 saturated heterocycles. The lowest BCUT2D eigenvalue weighted by Crippen LogP contribution is -2.13. The number of hydrogen-bond acceptors (Lipinski definition) is 5. The van der Waals surface area contributed by atoms with Crippen LogP contribution in [0.4, 0.5) is 0 Å². The number of rotatable bonds is 5. The molecule has 1 rings (SSSR count). The Hall–Kier alpha value is -2.37. The molecule has 1 aromatic rings. The van der Waals surface area contributed by atoms with Gasteiger partial charge in [0.2, 0.25) is 0 Å². The largest absolute Gasteiger partial charge is 0.497 e. The molecule has 0 amide bonds. The fraction of sp³-hybridized carbons (Fsp3) is 0.250. The highest BCUT2D eigenvalue weighted by molar-refractivity contribution is 6.06. The molecule has 1 aromatic carbocycles. The van der Waals surface area contributed by atoms with Crippen molar-refractivity contribution in [3.05, 3.63) is 28.8 Å². The molecule has 0 radical (unpaired) electrons. The van der Waals surface area contributed by atoms with E-state index in [2.05, 4.69) is 0 Å². The maximum atomic E-state index is 11.6. The topological polar surface area (TPSA) is 89.9 Å². The summed E-state index contributed by atoms with van der Waals surface area (Å²) in [6, 6.07) is 2.45. The first kappa shape index (κ1) is 13.7. The molecule has 0 aliphatic carbocycles. The molecule has 6 nitrogen and oxygen atoms in total. The number of carbonyl (C=O) groups is 3. The van der Waals surface area contributed by atoms with Gasteiger partial charge in [-0.3, -0.25) is 4.79 Å². The van der Waals surface area contributed by atoms with E-state index in [4.69, 9.17) is 14.6 Å². The summed E-state index contributed by atoms with van der Waals surface area (Å²) in [5, 5.41) is 8.99. The van der Waals surface area contributed by atoms with Crippen LogP contribution in [0, 0.1) is 0 Å². The van der Waals surface area contributed by atoms with E-state index in [1.807, 2.05) is 0 Å². The maximum absolute atomic E-state index is 11.6. The highest BCUT2D eigenvalue weighted by atomic mass is 16.5. The second-order valence-electron chi connectivity index (χ2n) is 3.28. The van der Waals surface area contributed by atoms with Crippen molar-refractivity contribution in [2.24, 2.45) is 0 Å². The molecule has 96 valence electrons. The van der Waals surface area contributed by atoms with Gasteiger partial charge in [0.25, 0.3) is 0 Å². The van der Waals surface area contributed by atoms with Crippen LogP contribution in [0.5, 0.6) is 5.75 Å². The van der Waals surface area contributed by atoms with Crippen molar-refractivity contribution in [3.8, 4) is 5.75 Å². The molecule has 0 spiro atoms. The molecule has 0 aliphatic heterocycles. The zero-order valence-corrected chi connectivity index (χ0v) is 9.93. The first-order valence-corrected chi connectivity index (χ1v) is 5.12. The van der Waals surface area contributed by atoms with E-state index in [-0.39, 0.29) is 29.0 Å². The van der Waals surface area contributed by atoms with Crippen LogP contribution in [0.2, 0.25) is 0 Å². The third-order valence-corrected chi connectivity index (χ3v) is 2.23. The Morgan fingerprint density at radius 3 is 2.39 bits per heavy atom. The van der Waals surface area contributed by atoms with Crippen molar-refractivity contribution in [1.82, 2.24) is 0 Å². The van der Waals surface area contributed by atoms with E-state index in [0.29, 0.717) is 6.29 Å². The summed E-state index contributed by atoms with van der Waals surface area (Å²) < 4.78 is 9.64. The van der Waals surface area contributed by atoms with E-state index in [0.717, 1.165) is 0 Å². The van der Waals surface area contributed by atoms with Crippen LogP contribution in [0.15, 0.2) is 12.1 Å². The molecule has 0 bridgehead atoms. The highest BCUT2D eigenvalue weighted by Gasteiger charge is 2.21. The van der Waals surface area contributed by atoms with Gasteiger partial charge in [0.1, 0.15) is 5.75 Å². The molecule has 0 fully saturated rings. The van der Waals surface area contributed by atoms with E-state index >= 15 is 0 Å². The van der Waals surface area contributed by atoms with Gasteiger partial charge in [-0.05, 0) is 19.1 Å². The molecular formula is C12H12O6. The summed E-state index contributed by atoms with van der Waals surface area (Å²) >= 11 is 0. The molecule has 0 aliphatic rings. The number of esters is 1. The van der Waals surface area contributed by atoms with Gasteiger partial charge in [-0.1, -0.05) is 0 Å². The van der Waals surface area contributed by atoms with Crippen molar-refractivity contribution in [2.45, 2.75) is 6.92 Å². The van der Waals surface area contributed by atoms with Gasteiger partial charge in [0, 0.05) is 5.56 Å². The van der Waals surface area contributed by atoms with Gasteiger partial charge in [0.15, 0.2) is 6.29 Å². The number of ether oxygens (including phenoxy) is 2. The molecule has 0 unspecified atom stereocenters. The van der Waals surface area contributed by atoms with Crippen molar-refractivity contribution in [1.29, 1.82) is 0 Å². The summed E-state index contributed by atoms with van der Waals surface area (Å²) in [4.78, 5) is 33.6. The number of benzene rings is 1. The first-order chi connectivity index (χ1) is 8.54. The van der Waals surface area contributed by atoms with Crippen molar-refractivity contribution in [3.63, 3.8) is 0 Å². The minimum Gasteiger partial charge on any atom is -0.497 e. The molecule has 0 aromatic heterocycles. The molecule has 0 saturated carbocycles. The van der Waals surface area contributed by atoms with E-state index < -0.39 is 11.9 Å². The smallest absolute Gasteiger partial charge is 0.339 e. The zero-order valence-electron chi connectivity index (χ0n) is 9.93. The zero-order chi connectivity index (χ0) is 13.7. The summed E-state index contributed by atoms with van der Waals surface area (Å²) in [6.45, 7) is 1.73. The second-order valence-corrected chi connectivity index (χ2v) is 3.28. The van der Waals surface area contributed by atoms with E-state index in [1.165, 1.54) is 19.2 Å². The van der Waals surface area contributed by atoms with Crippen molar-refractivity contribution < 1.29 is 29.0 Å². The van der Waals surface area contributed by atoms with Gasteiger partial charge in [-0.25, -0.2) is 9.59 Å². The number of carboxylic acids is 1. The van der Waals surface area contributed by atoms with Crippen molar-refractivity contribution in [2.75, 3.05) is 13.7 Å². The fourth-order valence-corrected chi connectivity index (χ4v) is 1.43. The monoisotopic (exact) mass is 252 g/mol. The van der Waals surface area contributed by atoms with Gasteiger partial charge in [-0.15, -0.1) is 0 Å². The van der Waals surface area contributed by atoms with E-state index in [9.17, 15) is 14.4 Å². The number of aromatic carboxylic acids is 1. The Balaban J connectivity index is 3.46. The van der Waals surface area contributed by atoms with Crippen LogP contribution >= 0.6 is 0 Å². The van der Waals surface area contributed by atoms with E-state index in [1.54, 1.807) is 6.92 Å². The number of hydrogen-bond donors (Lipinski definition) is 1. The normalized spacial score (nSPS) is 9.67. The molecule has 18 heavy (non-hydrogen) atoms. The van der Waals surface area contributed by atoms with Crippen LogP contribution in [0.1, 0.15) is 38.0 Å². The standard InChI is InChI=1S/C12H12O6/c1-3-18-12(16)9-5-7(17-2)4-8(11(14)15)10(9)6-13/h4-6H,3H2,1-2H3,(H,14,15). The number of aldehydes is 1. The average molecular weight is 252 g/mol. The summed E-state index contributed by atoms with van der Waals surface area (Å²) in [5.41, 5.74) is -0.641. The quantitative estimate of drug-likeness (QED) is 0.629. The predicted molar refractivity (Wildman–Crippen MR) is 61.3 cm³/mol. The summed E-state index contributed by atoms with van der Waals surface area (Å²) in [7, 11) is 1.33. The maximum Gasteiger partial charge on any atom is 0.339 e. The lowest BCUT2D eigenvalue weighted by Gasteiger charge is -2.09. The third kappa shape index (κ3) is 2.65. The second kappa shape index (κ2) is 5.81. The number of carboxylic acid groups (broad SMARTS) is 1. The molecule has 6 heteroatoms. The first-order valence-electron chi connectivity index (χ1n) is 5.12. The lowest BCUT2D eigenvalue weighted by atomic mass is 10.0. The van der Waals surface area contributed by atoms with Gasteiger partial charge in [0.05, 0.1) is 24.8 Å². The van der Waals surface area contributed by atoms with Crippen LogP contribution in [0.25, 0.3) is 0 Å². The Kier molecular flexibility index (Phi) is 4.42. The predicted octanol–water partition coefficient (Wildman–Crippen LogP) is 1.38.